The molecule has 0 amide bonds. The third kappa shape index (κ3) is 52.2. The van der Waals surface area contributed by atoms with Gasteiger partial charge < -0.3 is 36.6 Å². The van der Waals surface area contributed by atoms with E-state index in [0.29, 0.717) is 0 Å². The van der Waals surface area contributed by atoms with E-state index < -0.39 is 15.3 Å². The fourth-order valence-corrected chi connectivity index (χ4v) is 1.63. The number of unbranched alkanes of at least 4 members (excludes halogenated alkanes) is 3. The average Bonchev–Trinajstić information content (AvgIpc) is 2.68. The highest BCUT2D eigenvalue weighted by molar-refractivity contribution is 4.41. The number of hydrogen-bond acceptors (Lipinski definition) is 13. The quantitative estimate of drug-likeness (QED) is 0.125. The Kier molecular flexibility index (Phi) is 37.1. The topological polar surface area (TPSA) is 228 Å². The maximum absolute atomic E-state index is 9.60. The summed E-state index contributed by atoms with van der Waals surface area (Å²) in [5.74, 6) is 0. The van der Waals surface area contributed by atoms with Crippen LogP contribution in [0.1, 0.15) is 38.5 Å². The Morgan fingerprint density at radius 1 is 0.548 bits per heavy atom. The van der Waals surface area contributed by atoms with E-state index in [9.17, 15) is 30.3 Å². The molecule has 6 N–H and O–H groups in total. The molecule has 0 spiro atoms. The number of rotatable bonds is 18. The molecule has 0 aliphatic rings. The van der Waals surface area contributed by atoms with Crippen LogP contribution in [0.4, 0.5) is 0 Å². The predicted molar refractivity (Wildman–Crippen MR) is 113 cm³/mol. The number of hydrogen-bond donors (Lipinski definition) is 4. The average molecular weight is 462 g/mol. The van der Waals surface area contributed by atoms with E-state index in [1.807, 2.05) is 21.1 Å². The molecule has 0 aliphatic heterocycles. The van der Waals surface area contributed by atoms with Crippen molar-refractivity contribution in [3.8, 4) is 0 Å². The molecule has 0 aromatic heterocycles. The van der Waals surface area contributed by atoms with Gasteiger partial charge in [0.15, 0.2) is 0 Å². The Hall–Kier alpha value is -2.56. The van der Waals surface area contributed by atoms with Crippen molar-refractivity contribution in [2.45, 2.75) is 38.5 Å². The molecule has 0 aliphatic carbocycles. The second-order valence-electron chi connectivity index (χ2n) is 5.60. The highest BCUT2D eigenvalue weighted by atomic mass is 17.0. The summed E-state index contributed by atoms with van der Waals surface area (Å²) in [6.45, 7) is 3.24. The van der Waals surface area contributed by atoms with E-state index in [1.165, 1.54) is 0 Å². The van der Waals surface area contributed by atoms with Crippen molar-refractivity contribution in [2.24, 2.45) is 0 Å². The zero-order valence-corrected chi connectivity index (χ0v) is 18.7. The fourth-order valence-electron chi connectivity index (χ4n) is 1.63. The molecule has 0 atom stereocenters. The first-order valence-electron chi connectivity index (χ1n) is 9.57. The second-order valence-corrected chi connectivity index (χ2v) is 5.60. The van der Waals surface area contributed by atoms with Gasteiger partial charge >= 0.3 is 0 Å². The third-order valence-corrected chi connectivity index (χ3v) is 3.05. The Morgan fingerprint density at radius 3 is 0.935 bits per heavy atom. The second kappa shape index (κ2) is 32.1. The van der Waals surface area contributed by atoms with Crippen molar-refractivity contribution in [1.29, 1.82) is 0 Å². The Morgan fingerprint density at radius 2 is 0.774 bits per heavy atom. The van der Waals surface area contributed by atoms with Crippen LogP contribution in [0.5, 0.6) is 0 Å². The molecular weight excluding hydrogens is 422 g/mol. The van der Waals surface area contributed by atoms with Gasteiger partial charge in [0.05, 0.1) is 19.8 Å². The van der Waals surface area contributed by atoms with Gasteiger partial charge in [0.1, 0.15) is 0 Å². The molecule has 0 unspecified atom stereocenters. The van der Waals surface area contributed by atoms with Gasteiger partial charge in [0.25, 0.3) is 15.3 Å². The van der Waals surface area contributed by atoms with Crippen molar-refractivity contribution in [3.63, 3.8) is 0 Å². The minimum atomic E-state index is -0.765. The normalized spacial score (nSPS) is 9.00. The number of nitrogens with zero attached hydrogens (tertiary/aromatic N) is 3. The van der Waals surface area contributed by atoms with Gasteiger partial charge in [-0.2, -0.15) is 0 Å². The maximum atomic E-state index is 9.60. The molecule has 0 aromatic rings. The Balaban J connectivity index is -0.000000174. The van der Waals surface area contributed by atoms with E-state index in [0.717, 1.165) is 58.2 Å². The minimum absolute atomic E-state index is 0. The van der Waals surface area contributed by atoms with E-state index in [1.54, 1.807) is 0 Å². The molecule has 16 heteroatoms. The molecule has 0 rings (SSSR count). The van der Waals surface area contributed by atoms with Crippen LogP contribution in [0.3, 0.4) is 0 Å². The molecule has 0 bridgehead atoms. The van der Waals surface area contributed by atoms with Gasteiger partial charge in [0.2, 0.25) is 0 Å². The summed E-state index contributed by atoms with van der Waals surface area (Å²) in [5.41, 5.74) is 0. The van der Waals surface area contributed by atoms with Gasteiger partial charge in [-0.1, -0.05) is 0 Å². The van der Waals surface area contributed by atoms with Gasteiger partial charge in [-0.3, -0.25) is 0 Å². The maximum Gasteiger partial charge on any atom is 0.294 e. The van der Waals surface area contributed by atoms with Crippen LogP contribution in [0, 0.1) is 30.3 Å². The zero-order valence-electron chi connectivity index (χ0n) is 18.7. The van der Waals surface area contributed by atoms with Crippen molar-refractivity contribution >= 4 is 0 Å². The predicted octanol–water partition coefficient (Wildman–Crippen LogP) is 0.745. The molecule has 16 nitrogen and oxygen atoms in total. The van der Waals surface area contributed by atoms with Crippen molar-refractivity contribution in [1.82, 2.24) is 22.1 Å². The summed E-state index contributed by atoms with van der Waals surface area (Å²) < 4.78 is 0. The highest BCUT2D eigenvalue weighted by Crippen LogP contribution is 1.88. The molecule has 0 saturated heterocycles. The Bertz CT molecular complexity index is 350. The summed E-state index contributed by atoms with van der Waals surface area (Å²) in [6.07, 6.45) is 4.89. The van der Waals surface area contributed by atoms with Crippen LogP contribution in [-0.4, -0.2) is 75.9 Å². The first-order chi connectivity index (χ1) is 14.3. The molecule has 31 heavy (non-hydrogen) atoms. The van der Waals surface area contributed by atoms with Gasteiger partial charge in [0, 0.05) is 0 Å². The van der Waals surface area contributed by atoms with E-state index in [-0.39, 0.29) is 26.0 Å². The Labute approximate surface area is 182 Å². The van der Waals surface area contributed by atoms with Crippen LogP contribution >= 0.6 is 0 Å². The smallest absolute Gasteiger partial charge is 0.294 e. The first kappa shape index (κ1) is 35.9. The van der Waals surface area contributed by atoms with E-state index >= 15 is 0 Å². The standard InChI is InChI=1S/3C5H12N2O3.H3N/c3*1-6-4-2-3-5-10-7(8)9;/h3*6H,2-5H2,1H3;1H3. The van der Waals surface area contributed by atoms with Crippen LogP contribution in [0.2, 0.25) is 0 Å². The zero-order chi connectivity index (χ0) is 23.5. The van der Waals surface area contributed by atoms with Gasteiger partial charge in [-0.15, -0.1) is 30.3 Å². The summed E-state index contributed by atoms with van der Waals surface area (Å²) in [4.78, 5) is 41.0. The molecule has 188 valence electrons. The van der Waals surface area contributed by atoms with Crippen molar-refractivity contribution < 1.29 is 29.8 Å². The summed E-state index contributed by atoms with van der Waals surface area (Å²) in [6, 6.07) is 0. The van der Waals surface area contributed by atoms with Gasteiger partial charge in [-0.25, -0.2) is 0 Å². The van der Waals surface area contributed by atoms with Crippen molar-refractivity contribution in [2.75, 3.05) is 60.6 Å². The largest absolute Gasteiger partial charge is 0.344 e. The molecule has 0 aromatic carbocycles. The molecule has 0 radical (unpaired) electrons. The molecular formula is C15H39N7O9. The lowest BCUT2D eigenvalue weighted by Crippen LogP contribution is -2.09. The monoisotopic (exact) mass is 461 g/mol. The minimum Gasteiger partial charge on any atom is -0.344 e. The van der Waals surface area contributed by atoms with Gasteiger partial charge in [-0.05, 0) is 79.3 Å². The van der Waals surface area contributed by atoms with E-state index in [2.05, 4.69) is 30.5 Å². The molecule has 0 fully saturated rings. The van der Waals surface area contributed by atoms with Crippen molar-refractivity contribution in [3.05, 3.63) is 30.3 Å². The van der Waals surface area contributed by atoms with Crippen LogP contribution < -0.4 is 22.1 Å². The van der Waals surface area contributed by atoms with Crippen LogP contribution in [0.15, 0.2) is 0 Å². The lowest BCUT2D eigenvalue weighted by Gasteiger charge is -1.97. The van der Waals surface area contributed by atoms with E-state index in [4.69, 9.17) is 0 Å². The fraction of sp³-hybridized carbons (Fsp3) is 1.00. The summed E-state index contributed by atoms with van der Waals surface area (Å²) in [5, 5.41) is 35.3. The molecule has 0 saturated carbocycles. The summed E-state index contributed by atoms with van der Waals surface area (Å²) in [7, 11) is 5.52. The lowest BCUT2D eigenvalue weighted by molar-refractivity contribution is -0.757. The third-order valence-electron chi connectivity index (χ3n) is 3.05. The highest BCUT2D eigenvalue weighted by Gasteiger charge is 1.94. The lowest BCUT2D eigenvalue weighted by atomic mass is 10.3. The first-order valence-corrected chi connectivity index (χ1v) is 9.57. The van der Waals surface area contributed by atoms with Crippen LogP contribution in [0.25, 0.3) is 0 Å². The SMILES string of the molecule is CNCCCCO[N+](=O)[O-].CNCCCCO[N+](=O)[O-].CNCCCCO[N+](=O)[O-].N. The number of nitrogens with one attached hydrogen (secondary N) is 3. The van der Waals surface area contributed by atoms with Crippen LogP contribution in [-0.2, 0) is 14.5 Å². The summed E-state index contributed by atoms with van der Waals surface area (Å²) >= 11 is 0. The molecule has 0 heterocycles.